The molecule has 0 saturated carbocycles. The van der Waals surface area contributed by atoms with Gasteiger partial charge in [0, 0.05) is 27.4 Å². The number of nitrogens with one attached hydrogen (secondary N) is 2. The maximum atomic E-state index is 12.1. The van der Waals surface area contributed by atoms with E-state index in [9.17, 15) is 14.7 Å². The van der Waals surface area contributed by atoms with E-state index in [0.717, 1.165) is 14.7 Å². The van der Waals surface area contributed by atoms with Crippen LogP contribution in [0.25, 0.3) is 5.57 Å². The second-order valence-electron chi connectivity index (χ2n) is 5.53. The Labute approximate surface area is 152 Å². The molecule has 5 nitrogen and oxygen atoms in total. The van der Waals surface area contributed by atoms with Crippen molar-refractivity contribution < 1.29 is 14.7 Å². The molecule has 6 heteroatoms. The number of imide groups is 1. The van der Waals surface area contributed by atoms with Crippen LogP contribution in [0.1, 0.15) is 27.0 Å². The first kappa shape index (κ1) is 16.5. The molecule has 0 unspecified atom stereocenters. The van der Waals surface area contributed by atoms with Crippen molar-refractivity contribution in [1.29, 1.82) is 0 Å². The number of rotatable bonds is 3. The second-order valence-corrected chi connectivity index (χ2v) is 6.78. The minimum absolute atomic E-state index is 0.239. The van der Waals surface area contributed by atoms with E-state index >= 15 is 0 Å². The molecule has 2 aromatic carbocycles. The predicted octanol–water partition coefficient (Wildman–Crippen LogP) is 2.71. The molecule has 0 radical (unpaired) electrons. The molecule has 0 aromatic heterocycles. The fourth-order valence-electron chi connectivity index (χ4n) is 2.48. The highest BCUT2D eigenvalue weighted by molar-refractivity contribution is 14.1. The number of fused-ring (bicyclic) bond motifs is 1. The third-order valence-electron chi connectivity index (χ3n) is 3.81. The first-order chi connectivity index (χ1) is 11.5. The molecule has 3 rings (SSSR count). The second kappa shape index (κ2) is 6.64. The summed E-state index contributed by atoms with van der Waals surface area (Å²) in [6.07, 6.45) is 1.60. The average Bonchev–Trinajstić information content (AvgIpc) is 2.53. The molecule has 0 atom stereocenters. The van der Waals surface area contributed by atoms with Crippen LogP contribution in [0.3, 0.4) is 0 Å². The van der Waals surface area contributed by atoms with Gasteiger partial charge in [-0.3, -0.25) is 14.9 Å². The van der Waals surface area contributed by atoms with E-state index in [1.807, 2.05) is 31.2 Å². The minimum atomic E-state index is -0.422. The van der Waals surface area contributed by atoms with Crippen molar-refractivity contribution in [3.05, 3.63) is 68.4 Å². The van der Waals surface area contributed by atoms with Gasteiger partial charge in [0.25, 0.3) is 11.8 Å². The lowest BCUT2D eigenvalue weighted by Gasteiger charge is -2.18. The van der Waals surface area contributed by atoms with Gasteiger partial charge in [-0.15, -0.1) is 0 Å². The van der Waals surface area contributed by atoms with Crippen LogP contribution in [0.2, 0.25) is 0 Å². The molecule has 122 valence electrons. The number of aromatic hydroxyl groups is 1. The van der Waals surface area contributed by atoms with E-state index in [-0.39, 0.29) is 11.7 Å². The molecular formula is C18H15IN2O3. The van der Waals surface area contributed by atoms with Crippen LogP contribution in [0.4, 0.5) is 0 Å². The van der Waals surface area contributed by atoms with Crippen LogP contribution in [0.15, 0.2) is 42.6 Å². The first-order valence-corrected chi connectivity index (χ1v) is 8.41. The highest BCUT2D eigenvalue weighted by Gasteiger charge is 2.27. The van der Waals surface area contributed by atoms with Gasteiger partial charge in [0.05, 0.1) is 5.57 Å². The maximum Gasteiger partial charge on any atom is 0.260 e. The Morgan fingerprint density at radius 1 is 1.12 bits per heavy atom. The summed E-state index contributed by atoms with van der Waals surface area (Å²) in [5, 5.41) is 15.2. The van der Waals surface area contributed by atoms with E-state index in [2.05, 4.69) is 33.2 Å². The predicted molar refractivity (Wildman–Crippen MR) is 99.3 cm³/mol. The molecule has 2 amide bonds. The molecule has 1 aliphatic rings. The SMILES string of the molecule is Cc1ccc(CN/C=C2\C(=O)NC(=O)c3ccc(I)cc32)cc1O. The number of hydrogen-bond acceptors (Lipinski definition) is 4. The van der Waals surface area contributed by atoms with Crippen molar-refractivity contribution in [3.8, 4) is 5.75 Å². The Kier molecular flexibility index (Phi) is 4.57. The Bertz CT molecular complexity index is 875. The lowest BCUT2D eigenvalue weighted by atomic mass is 9.95. The summed E-state index contributed by atoms with van der Waals surface area (Å²) >= 11 is 2.15. The summed E-state index contributed by atoms with van der Waals surface area (Å²) in [5.41, 5.74) is 3.22. The summed E-state index contributed by atoms with van der Waals surface area (Å²) in [6.45, 7) is 2.29. The summed E-state index contributed by atoms with van der Waals surface area (Å²) in [6, 6.07) is 10.8. The summed E-state index contributed by atoms with van der Waals surface area (Å²) in [7, 11) is 0. The number of carbonyl (C=O) groups excluding carboxylic acids is 2. The molecule has 0 fully saturated rings. The summed E-state index contributed by atoms with van der Waals surface area (Å²) < 4.78 is 0.947. The highest BCUT2D eigenvalue weighted by atomic mass is 127. The fourth-order valence-corrected chi connectivity index (χ4v) is 2.97. The minimum Gasteiger partial charge on any atom is -0.508 e. The first-order valence-electron chi connectivity index (χ1n) is 7.33. The van der Waals surface area contributed by atoms with Gasteiger partial charge < -0.3 is 10.4 Å². The van der Waals surface area contributed by atoms with Gasteiger partial charge in [0.2, 0.25) is 0 Å². The maximum absolute atomic E-state index is 12.1. The fraction of sp³-hybridized carbons (Fsp3) is 0.111. The molecule has 1 heterocycles. The van der Waals surface area contributed by atoms with Gasteiger partial charge in [-0.05, 0) is 64.9 Å². The number of amides is 2. The Morgan fingerprint density at radius 3 is 2.67 bits per heavy atom. The van der Waals surface area contributed by atoms with Gasteiger partial charge in [-0.2, -0.15) is 0 Å². The molecule has 3 N–H and O–H groups in total. The standard InChI is InChI=1S/C18H15IN2O3/c1-10-2-3-11(6-16(10)22)8-20-9-15-14-7-12(19)4-5-13(14)17(23)21-18(15)24/h2-7,9,20,22H,8H2,1H3,(H,21,23,24)/b15-9-. The van der Waals surface area contributed by atoms with Crippen molar-refractivity contribution in [2.45, 2.75) is 13.5 Å². The lowest BCUT2D eigenvalue weighted by Crippen LogP contribution is -2.37. The Hall–Kier alpha value is -2.35. The van der Waals surface area contributed by atoms with Crippen molar-refractivity contribution in [2.24, 2.45) is 0 Å². The number of phenols is 1. The van der Waals surface area contributed by atoms with Gasteiger partial charge in [-0.1, -0.05) is 12.1 Å². The summed E-state index contributed by atoms with van der Waals surface area (Å²) in [5.74, 6) is -0.566. The van der Waals surface area contributed by atoms with E-state index in [1.54, 1.807) is 18.3 Å². The smallest absolute Gasteiger partial charge is 0.260 e. The van der Waals surface area contributed by atoms with Gasteiger partial charge >= 0.3 is 0 Å². The van der Waals surface area contributed by atoms with Crippen LogP contribution in [0, 0.1) is 10.5 Å². The highest BCUT2D eigenvalue weighted by Crippen LogP contribution is 2.25. The van der Waals surface area contributed by atoms with Gasteiger partial charge in [0.1, 0.15) is 5.75 Å². The van der Waals surface area contributed by atoms with E-state index in [1.165, 1.54) is 0 Å². The Morgan fingerprint density at radius 2 is 1.92 bits per heavy atom. The van der Waals surface area contributed by atoms with Crippen molar-refractivity contribution in [3.63, 3.8) is 0 Å². The van der Waals surface area contributed by atoms with Crippen LogP contribution in [-0.2, 0) is 11.3 Å². The third-order valence-corrected chi connectivity index (χ3v) is 4.49. The van der Waals surface area contributed by atoms with Crippen molar-refractivity contribution >= 4 is 40.0 Å². The van der Waals surface area contributed by atoms with Crippen molar-refractivity contribution in [1.82, 2.24) is 10.6 Å². The normalized spacial score (nSPS) is 15.2. The molecule has 1 aliphatic heterocycles. The van der Waals surface area contributed by atoms with Crippen molar-refractivity contribution in [2.75, 3.05) is 0 Å². The third kappa shape index (κ3) is 3.28. The molecular weight excluding hydrogens is 419 g/mol. The molecule has 0 bridgehead atoms. The zero-order valence-electron chi connectivity index (χ0n) is 12.9. The Balaban J connectivity index is 1.85. The molecule has 0 spiro atoms. The van der Waals surface area contributed by atoms with Gasteiger partial charge in [0.15, 0.2) is 0 Å². The topological polar surface area (TPSA) is 78.4 Å². The van der Waals surface area contributed by atoms with Crippen LogP contribution >= 0.6 is 22.6 Å². The van der Waals surface area contributed by atoms with Gasteiger partial charge in [-0.25, -0.2) is 0 Å². The molecule has 2 aromatic rings. The zero-order valence-corrected chi connectivity index (χ0v) is 15.0. The van der Waals surface area contributed by atoms with E-state index in [0.29, 0.717) is 23.2 Å². The molecule has 0 aliphatic carbocycles. The largest absolute Gasteiger partial charge is 0.508 e. The number of aryl methyl sites for hydroxylation is 1. The number of carbonyl (C=O) groups is 2. The molecule has 24 heavy (non-hydrogen) atoms. The zero-order chi connectivity index (χ0) is 17.3. The monoisotopic (exact) mass is 434 g/mol. The number of halogens is 1. The van der Waals surface area contributed by atoms with Crippen LogP contribution < -0.4 is 10.6 Å². The average molecular weight is 434 g/mol. The number of phenolic OH excluding ortho intramolecular Hbond substituents is 1. The van der Waals surface area contributed by atoms with Crippen LogP contribution in [0.5, 0.6) is 5.75 Å². The van der Waals surface area contributed by atoms with E-state index in [4.69, 9.17) is 0 Å². The van der Waals surface area contributed by atoms with E-state index < -0.39 is 5.91 Å². The lowest BCUT2D eigenvalue weighted by molar-refractivity contribution is -0.114. The number of hydrogen-bond donors (Lipinski definition) is 3. The van der Waals surface area contributed by atoms with Crippen LogP contribution in [-0.4, -0.2) is 16.9 Å². The summed E-state index contributed by atoms with van der Waals surface area (Å²) in [4.78, 5) is 24.0. The molecule has 0 saturated heterocycles. The number of benzene rings is 2. The quantitative estimate of drug-likeness (QED) is 0.395.